The minimum absolute atomic E-state index is 0.000629. The lowest BCUT2D eigenvalue weighted by molar-refractivity contribution is -0.139. The maximum absolute atomic E-state index is 13.6. The van der Waals surface area contributed by atoms with Gasteiger partial charge in [-0.05, 0) is 75.4 Å². The molecular formula is C26H29FN2O4. The average molecular weight is 453 g/mol. The number of aryl methyl sites for hydroxylation is 1. The molecule has 33 heavy (non-hydrogen) atoms. The molecule has 1 atom stereocenters. The number of ether oxygens (including phenoxy) is 1. The molecule has 1 amide bonds. The first-order valence-electron chi connectivity index (χ1n) is 10.8. The molecule has 0 radical (unpaired) electrons. The van der Waals surface area contributed by atoms with Gasteiger partial charge in [-0.2, -0.15) is 0 Å². The molecule has 7 heteroatoms. The van der Waals surface area contributed by atoms with Gasteiger partial charge in [-0.1, -0.05) is 24.8 Å². The number of halogens is 1. The molecule has 1 heterocycles. The second-order valence-corrected chi connectivity index (χ2v) is 8.28. The van der Waals surface area contributed by atoms with Crippen molar-refractivity contribution in [2.75, 3.05) is 33.8 Å². The Labute approximate surface area is 193 Å². The highest BCUT2D eigenvalue weighted by atomic mass is 19.1. The van der Waals surface area contributed by atoms with Crippen molar-refractivity contribution < 1.29 is 23.8 Å². The molecule has 0 spiro atoms. The first-order chi connectivity index (χ1) is 15.7. The molecule has 0 saturated carbocycles. The standard InChI is InChI=1S/C26H29FN2O4/c1-5-15-33-20-11-12-21(17(2)16-20)24(30)22-23(18-7-9-19(27)10-8-18)29(26(32)25(22)31)14-6-13-28(3)4/h5,7-12,16,23,30H,1,6,13-15H2,2-4H3. The van der Waals surface area contributed by atoms with E-state index >= 15 is 0 Å². The van der Waals surface area contributed by atoms with Crippen LogP contribution in [0.4, 0.5) is 4.39 Å². The largest absolute Gasteiger partial charge is 0.507 e. The van der Waals surface area contributed by atoms with Crippen LogP contribution in [0.5, 0.6) is 5.75 Å². The molecule has 0 aliphatic carbocycles. The van der Waals surface area contributed by atoms with E-state index in [9.17, 15) is 19.1 Å². The summed E-state index contributed by atoms with van der Waals surface area (Å²) >= 11 is 0. The van der Waals surface area contributed by atoms with Gasteiger partial charge in [-0.3, -0.25) is 9.59 Å². The summed E-state index contributed by atoms with van der Waals surface area (Å²) in [5.74, 6) is -1.51. The van der Waals surface area contributed by atoms with E-state index in [-0.39, 0.29) is 11.3 Å². The van der Waals surface area contributed by atoms with E-state index in [2.05, 4.69) is 6.58 Å². The number of rotatable bonds is 9. The van der Waals surface area contributed by atoms with E-state index in [1.54, 1.807) is 31.2 Å². The maximum Gasteiger partial charge on any atom is 0.295 e. The lowest BCUT2D eigenvalue weighted by Crippen LogP contribution is -2.32. The number of Topliss-reactive ketones (excluding diaryl/α,β-unsaturated/α-hetero) is 1. The highest BCUT2D eigenvalue weighted by Gasteiger charge is 2.45. The predicted octanol–water partition coefficient (Wildman–Crippen LogP) is 4.07. The van der Waals surface area contributed by atoms with Gasteiger partial charge in [-0.25, -0.2) is 4.39 Å². The van der Waals surface area contributed by atoms with Crippen molar-refractivity contribution in [3.8, 4) is 5.75 Å². The quantitative estimate of drug-likeness (QED) is 0.269. The normalized spacial score (nSPS) is 17.6. The topological polar surface area (TPSA) is 70.1 Å². The van der Waals surface area contributed by atoms with Gasteiger partial charge in [0, 0.05) is 12.1 Å². The molecule has 1 unspecified atom stereocenters. The Morgan fingerprint density at radius 1 is 1.21 bits per heavy atom. The predicted molar refractivity (Wildman–Crippen MR) is 125 cm³/mol. The van der Waals surface area contributed by atoms with Crippen molar-refractivity contribution in [1.82, 2.24) is 9.80 Å². The van der Waals surface area contributed by atoms with E-state index in [0.29, 0.717) is 42.0 Å². The Morgan fingerprint density at radius 2 is 1.91 bits per heavy atom. The van der Waals surface area contributed by atoms with Gasteiger partial charge < -0.3 is 19.6 Å². The van der Waals surface area contributed by atoms with Crippen molar-refractivity contribution in [2.45, 2.75) is 19.4 Å². The van der Waals surface area contributed by atoms with Crippen molar-refractivity contribution in [3.05, 3.63) is 83.2 Å². The van der Waals surface area contributed by atoms with Crippen LogP contribution in [-0.4, -0.2) is 60.4 Å². The number of likely N-dealkylation sites (tertiary alicyclic amines) is 1. The summed E-state index contributed by atoms with van der Waals surface area (Å²) in [5.41, 5.74) is 1.68. The van der Waals surface area contributed by atoms with Crippen LogP contribution in [0, 0.1) is 12.7 Å². The Hall–Kier alpha value is -3.45. The van der Waals surface area contributed by atoms with E-state index in [1.807, 2.05) is 19.0 Å². The Bertz CT molecular complexity index is 1080. The second kappa shape index (κ2) is 10.4. The highest BCUT2D eigenvalue weighted by Crippen LogP contribution is 2.40. The van der Waals surface area contributed by atoms with Gasteiger partial charge in [0.15, 0.2) is 0 Å². The number of ketones is 1. The van der Waals surface area contributed by atoms with Gasteiger partial charge in [0.05, 0.1) is 11.6 Å². The summed E-state index contributed by atoms with van der Waals surface area (Å²) in [6.07, 6.45) is 2.27. The minimum atomic E-state index is -0.802. The molecular weight excluding hydrogens is 423 g/mol. The molecule has 3 rings (SSSR count). The number of carbonyl (C=O) groups excluding carboxylic acids is 2. The minimum Gasteiger partial charge on any atom is -0.507 e. The molecule has 0 aromatic heterocycles. The molecule has 1 fully saturated rings. The zero-order chi connectivity index (χ0) is 24.1. The number of benzene rings is 2. The van der Waals surface area contributed by atoms with E-state index in [1.165, 1.54) is 29.2 Å². The van der Waals surface area contributed by atoms with Crippen LogP contribution < -0.4 is 4.74 Å². The average Bonchev–Trinajstić information content (AvgIpc) is 3.02. The van der Waals surface area contributed by atoms with Crippen molar-refractivity contribution in [3.63, 3.8) is 0 Å². The number of nitrogens with zero attached hydrogens (tertiary/aromatic N) is 2. The zero-order valence-electron chi connectivity index (χ0n) is 19.2. The van der Waals surface area contributed by atoms with Crippen LogP contribution in [0.1, 0.15) is 29.2 Å². The fourth-order valence-corrected chi connectivity index (χ4v) is 3.95. The van der Waals surface area contributed by atoms with E-state index in [0.717, 1.165) is 6.54 Å². The summed E-state index contributed by atoms with van der Waals surface area (Å²) in [6, 6.07) is 9.94. The Kier molecular flexibility index (Phi) is 7.66. The molecule has 1 aliphatic heterocycles. The molecule has 0 bridgehead atoms. The number of carbonyl (C=O) groups is 2. The fraction of sp³-hybridized carbons (Fsp3) is 0.308. The number of hydrogen-bond acceptors (Lipinski definition) is 5. The summed E-state index contributed by atoms with van der Waals surface area (Å²) < 4.78 is 19.1. The van der Waals surface area contributed by atoms with Crippen LogP contribution in [0.15, 0.2) is 60.7 Å². The summed E-state index contributed by atoms with van der Waals surface area (Å²) in [4.78, 5) is 29.5. The summed E-state index contributed by atoms with van der Waals surface area (Å²) in [5, 5.41) is 11.2. The molecule has 6 nitrogen and oxygen atoms in total. The van der Waals surface area contributed by atoms with Gasteiger partial charge >= 0.3 is 0 Å². The molecule has 1 aliphatic rings. The van der Waals surface area contributed by atoms with Crippen molar-refractivity contribution in [2.24, 2.45) is 0 Å². The Morgan fingerprint density at radius 3 is 2.52 bits per heavy atom. The lowest BCUT2D eigenvalue weighted by atomic mass is 9.94. The third-order valence-electron chi connectivity index (χ3n) is 5.55. The first-order valence-corrected chi connectivity index (χ1v) is 10.8. The number of amides is 1. The third kappa shape index (κ3) is 5.31. The fourth-order valence-electron chi connectivity index (χ4n) is 3.95. The maximum atomic E-state index is 13.6. The second-order valence-electron chi connectivity index (χ2n) is 8.28. The molecule has 1 N–H and O–H groups in total. The highest BCUT2D eigenvalue weighted by molar-refractivity contribution is 6.46. The van der Waals surface area contributed by atoms with Gasteiger partial charge in [-0.15, -0.1) is 0 Å². The van der Waals surface area contributed by atoms with Crippen LogP contribution in [-0.2, 0) is 9.59 Å². The molecule has 2 aromatic carbocycles. The van der Waals surface area contributed by atoms with Crippen LogP contribution in [0.3, 0.4) is 0 Å². The number of hydrogen-bond donors (Lipinski definition) is 1. The SMILES string of the molecule is C=CCOc1ccc(C(O)=C2C(=O)C(=O)N(CCCN(C)C)C2c2ccc(F)cc2)c(C)c1. The number of aliphatic hydroxyl groups is 1. The van der Waals surface area contributed by atoms with Gasteiger partial charge in [0.25, 0.3) is 11.7 Å². The van der Waals surface area contributed by atoms with Crippen LogP contribution >= 0.6 is 0 Å². The van der Waals surface area contributed by atoms with Crippen molar-refractivity contribution in [1.29, 1.82) is 0 Å². The smallest absolute Gasteiger partial charge is 0.295 e. The van der Waals surface area contributed by atoms with Crippen LogP contribution in [0.2, 0.25) is 0 Å². The lowest BCUT2D eigenvalue weighted by Gasteiger charge is -2.26. The number of aliphatic hydroxyl groups excluding tert-OH is 1. The summed E-state index contributed by atoms with van der Waals surface area (Å²) in [7, 11) is 3.85. The Balaban J connectivity index is 2.07. The first kappa shape index (κ1) is 24.2. The van der Waals surface area contributed by atoms with Gasteiger partial charge in [0.1, 0.15) is 23.9 Å². The van der Waals surface area contributed by atoms with Crippen molar-refractivity contribution >= 4 is 17.4 Å². The van der Waals surface area contributed by atoms with E-state index < -0.39 is 23.5 Å². The molecule has 174 valence electrons. The van der Waals surface area contributed by atoms with E-state index in [4.69, 9.17) is 4.74 Å². The third-order valence-corrected chi connectivity index (χ3v) is 5.55. The molecule has 2 aromatic rings. The zero-order valence-corrected chi connectivity index (χ0v) is 19.2. The monoisotopic (exact) mass is 452 g/mol. The van der Waals surface area contributed by atoms with Gasteiger partial charge in [0.2, 0.25) is 0 Å². The van der Waals surface area contributed by atoms with Crippen LogP contribution in [0.25, 0.3) is 5.76 Å². The molecule has 1 saturated heterocycles. The summed E-state index contributed by atoms with van der Waals surface area (Å²) in [6.45, 7) is 6.80.